The number of anilines is 1. The fraction of sp³-hybridized carbons (Fsp3) is 0.400. The van der Waals surface area contributed by atoms with Gasteiger partial charge < -0.3 is 10.0 Å². The van der Waals surface area contributed by atoms with Gasteiger partial charge in [-0.15, -0.1) is 12.4 Å². The number of aliphatic hydroxyl groups excluding tert-OH is 1. The van der Waals surface area contributed by atoms with E-state index in [0.717, 1.165) is 25.0 Å². The molecule has 1 fully saturated rings. The Balaban J connectivity index is 0.00000272. The molecule has 1 aromatic carbocycles. The van der Waals surface area contributed by atoms with Crippen LogP contribution in [-0.2, 0) is 21.3 Å². The van der Waals surface area contributed by atoms with Crippen molar-refractivity contribution in [2.24, 2.45) is 5.92 Å². The molecule has 1 saturated heterocycles. The molecule has 1 N–H and O–H groups in total. The lowest BCUT2D eigenvalue weighted by Gasteiger charge is -2.32. The van der Waals surface area contributed by atoms with Crippen molar-refractivity contribution in [3.63, 3.8) is 0 Å². The van der Waals surface area contributed by atoms with Gasteiger partial charge in [0.1, 0.15) is 17.5 Å². The van der Waals surface area contributed by atoms with Crippen LogP contribution in [0.3, 0.4) is 0 Å². The highest BCUT2D eigenvalue weighted by atomic mass is 35.5. The second-order valence-corrected chi connectivity index (χ2v) is 9.98. The van der Waals surface area contributed by atoms with Gasteiger partial charge in [0.2, 0.25) is 0 Å². The van der Waals surface area contributed by atoms with E-state index in [9.17, 15) is 17.2 Å². The van der Waals surface area contributed by atoms with E-state index in [-0.39, 0.29) is 46.9 Å². The topological polar surface area (TPSA) is 83.4 Å². The van der Waals surface area contributed by atoms with E-state index in [1.54, 1.807) is 6.08 Å². The summed E-state index contributed by atoms with van der Waals surface area (Å²) in [6.45, 7) is 1.24. The minimum atomic E-state index is -3.37. The van der Waals surface area contributed by atoms with Gasteiger partial charge in [0.15, 0.2) is 15.7 Å². The Kier molecular flexibility index (Phi) is 7.20. The molecule has 0 atom stereocenters. The largest absolute Gasteiger partial charge is 0.392 e. The molecule has 11 heteroatoms. The maximum Gasteiger partial charge on any atom is 0.164 e. The highest BCUT2D eigenvalue weighted by Gasteiger charge is 2.33. The minimum absolute atomic E-state index is 0. The monoisotopic (exact) mass is 491 g/mol. The molecule has 0 spiro atoms. The number of nitrogens with zero attached hydrogens (tertiary/aromatic N) is 3. The zero-order valence-corrected chi connectivity index (χ0v) is 18.8. The summed E-state index contributed by atoms with van der Waals surface area (Å²) in [5.74, 6) is -1.29. The van der Waals surface area contributed by atoms with Gasteiger partial charge in [-0.25, -0.2) is 27.2 Å². The van der Waals surface area contributed by atoms with Crippen LogP contribution in [0.5, 0.6) is 0 Å². The van der Waals surface area contributed by atoms with E-state index in [1.165, 1.54) is 0 Å². The van der Waals surface area contributed by atoms with Gasteiger partial charge in [0.05, 0.1) is 34.4 Å². The highest BCUT2D eigenvalue weighted by molar-refractivity contribution is 7.90. The Bertz CT molecular complexity index is 1120. The first-order valence-electron chi connectivity index (χ1n) is 9.55. The van der Waals surface area contributed by atoms with Crippen molar-refractivity contribution < 1.29 is 22.3 Å². The van der Waals surface area contributed by atoms with E-state index >= 15 is 0 Å². The van der Waals surface area contributed by atoms with E-state index in [4.69, 9.17) is 16.7 Å². The second-order valence-electron chi connectivity index (χ2n) is 7.51. The standard InChI is InChI=1S/C20H20ClF2N3O3S.ClH/c21-15-9-16(22)13(8-17(15)23)19-24-18-11-30(28,29)10-14(18)20(25-19)26-5-3-12(4-6-26)2-1-7-27;/h1-2,8-9,12,27H,3-7,10-11H2;1H. The molecule has 31 heavy (non-hydrogen) atoms. The summed E-state index contributed by atoms with van der Waals surface area (Å²) in [4.78, 5) is 10.7. The van der Waals surface area contributed by atoms with Crippen LogP contribution < -0.4 is 4.90 Å². The van der Waals surface area contributed by atoms with Gasteiger partial charge in [-0.2, -0.15) is 0 Å². The predicted octanol–water partition coefficient (Wildman–Crippen LogP) is 3.69. The molecule has 0 radical (unpaired) electrons. The summed E-state index contributed by atoms with van der Waals surface area (Å²) in [7, 11) is -3.37. The molecule has 1 aromatic heterocycles. The van der Waals surface area contributed by atoms with E-state index in [2.05, 4.69) is 9.97 Å². The van der Waals surface area contributed by atoms with E-state index < -0.39 is 21.5 Å². The van der Waals surface area contributed by atoms with Gasteiger partial charge in [-0.05, 0) is 30.9 Å². The van der Waals surface area contributed by atoms with Gasteiger partial charge in [0.25, 0.3) is 0 Å². The first-order valence-corrected chi connectivity index (χ1v) is 11.7. The van der Waals surface area contributed by atoms with Crippen LogP contribution >= 0.6 is 24.0 Å². The molecular weight excluding hydrogens is 471 g/mol. The zero-order valence-electron chi connectivity index (χ0n) is 16.4. The summed E-state index contributed by atoms with van der Waals surface area (Å²) in [6.07, 6.45) is 5.30. The molecule has 168 valence electrons. The molecule has 4 rings (SSSR count). The van der Waals surface area contributed by atoms with Crippen LogP contribution in [0.15, 0.2) is 24.3 Å². The van der Waals surface area contributed by atoms with E-state index in [1.807, 2.05) is 11.0 Å². The molecule has 0 saturated carbocycles. The van der Waals surface area contributed by atoms with Crippen LogP contribution in [0, 0.1) is 17.6 Å². The van der Waals surface area contributed by atoms with Crippen molar-refractivity contribution in [2.45, 2.75) is 24.3 Å². The molecule has 3 heterocycles. The van der Waals surface area contributed by atoms with E-state index in [0.29, 0.717) is 36.1 Å². The number of hydrogen-bond donors (Lipinski definition) is 1. The number of rotatable bonds is 4. The lowest BCUT2D eigenvalue weighted by molar-refractivity contribution is 0.340. The van der Waals surface area contributed by atoms with Crippen molar-refractivity contribution in [1.29, 1.82) is 0 Å². The van der Waals surface area contributed by atoms with Crippen molar-refractivity contribution in [1.82, 2.24) is 9.97 Å². The Labute approximate surface area is 190 Å². The van der Waals surface area contributed by atoms with Gasteiger partial charge >= 0.3 is 0 Å². The third kappa shape index (κ3) is 5.00. The lowest BCUT2D eigenvalue weighted by Crippen LogP contribution is -2.34. The van der Waals surface area contributed by atoms with Crippen LogP contribution in [0.2, 0.25) is 5.02 Å². The quantitative estimate of drug-likeness (QED) is 0.518. The molecule has 2 aliphatic heterocycles. The average molecular weight is 492 g/mol. The number of aliphatic hydroxyl groups is 1. The Morgan fingerprint density at radius 3 is 2.55 bits per heavy atom. The number of benzene rings is 1. The normalized spacial score (nSPS) is 18.3. The smallest absolute Gasteiger partial charge is 0.164 e. The fourth-order valence-electron chi connectivity index (χ4n) is 3.90. The Morgan fingerprint density at radius 1 is 1.16 bits per heavy atom. The van der Waals surface area contributed by atoms with Gasteiger partial charge in [-0.3, -0.25) is 0 Å². The summed E-state index contributed by atoms with van der Waals surface area (Å²) in [5, 5.41) is 8.59. The van der Waals surface area contributed by atoms with Crippen LogP contribution in [0.1, 0.15) is 24.1 Å². The SMILES string of the molecule is Cl.O=S1(=O)Cc2nc(-c3cc(F)c(Cl)cc3F)nc(N3CCC(C=CCO)CC3)c2C1. The maximum atomic E-state index is 14.5. The Hall–Kier alpha value is -1.81. The molecule has 2 aromatic rings. The third-order valence-corrected chi connectivity index (χ3v) is 7.13. The predicted molar refractivity (Wildman–Crippen MR) is 117 cm³/mol. The third-order valence-electron chi connectivity index (χ3n) is 5.40. The molecule has 0 aliphatic carbocycles. The maximum absolute atomic E-state index is 14.5. The molecule has 6 nitrogen and oxygen atoms in total. The fourth-order valence-corrected chi connectivity index (χ4v) is 5.54. The number of sulfone groups is 1. The number of fused-ring (bicyclic) bond motifs is 1. The van der Waals surface area contributed by atoms with Gasteiger partial charge in [-0.1, -0.05) is 23.8 Å². The van der Waals surface area contributed by atoms with Crippen LogP contribution in [-0.4, -0.2) is 43.2 Å². The zero-order chi connectivity index (χ0) is 21.5. The molecule has 0 amide bonds. The Morgan fingerprint density at radius 2 is 1.87 bits per heavy atom. The van der Waals surface area contributed by atoms with Crippen molar-refractivity contribution in [2.75, 3.05) is 24.6 Å². The second kappa shape index (κ2) is 9.36. The molecule has 0 bridgehead atoms. The van der Waals surface area contributed by atoms with Crippen LogP contribution in [0.25, 0.3) is 11.4 Å². The molecular formula is C20H21Cl2F2N3O3S. The molecule has 2 aliphatic rings. The summed E-state index contributed by atoms with van der Waals surface area (Å²) < 4.78 is 52.9. The minimum Gasteiger partial charge on any atom is -0.392 e. The number of halogens is 4. The number of allylic oxidation sites excluding steroid dienone is 1. The summed E-state index contributed by atoms with van der Waals surface area (Å²) >= 11 is 5.64. The first kappa shape index (κ1) is 23.8. The first-order chi connectivity index (χ1) is 14.3. The van der Waals surface area contributed by atoms with Gasteiger partial charge in [0, 0.05) is 18.7 Å². The summed E-state index contributed by atoms with van der Waals surface area (Å²) in [5.41, 5.74) is 0.691. The van der Waals surface area contributed by atoms with Crippen molar-refractivity contribution in [3.8, 4) is 11.4 Å². The van der Waals surface area contributed by atoms with Crippen molar-refractivity contribution >= 4 is 39.7 Å². The average Bonchev–Trinajstić information content (AvgIpc) is 3.02. The summed E-state index contributed by atoms with van der Waals surface area (Å²) in [6, 6.07) is 1.79. The van der Waals surface area contributed by atoms with Crippen molar-refractivity contribution in [3.05, 3.63) is 52.2 Å². The van der Waals surface area contributed by atoms with Crippen LogP contribution in [0.4, 0.5) is 14.6 Å². The highest BCUT2D eigenvalue weighted by Crippen LogP contribution is 2.36. The number of aromatic nitrogens is 2. The lowest BCUT2D eigenvalue weighted by atomic mass is 9.96. The molecule has 0 unspecified atom stereocenters. The number of piperidine rings is 1. The number of hydrogen-bond acceptors (Lipinski definition) is 6.